The van der Waals surface area contributed by atoms with Crippen LogP contribution in [0.1, 0.15) is 66.8 Å². The van der Waals surface area contributed by atoms with Gasteiger partial charge in [0.05, 0.1) is 0 Å². The maximum absolute atomic E-state index is 2.30. The summed E-state index contributed by atoms with van der Waals surface area (Å²) < 4.78 is 4.59. The Labute approximate surface area is 219 Å². The quantitative estimate of drug-likeness (QED) is 0.216. The first kappa shape index (κ1) is 27.5. The molecule has 0 unspecified atom stereocenters. The van der Waals surface area contributed by atoms with Crippen molar-refractivity contribution >= 4 is 49.7 Å². The molecule has 2 aliphatic heterocycles. The lowest BCUT2D eigenvalue weighted by Crippen LogP contribution is -2.21. The summed E-state index contributed by atoms with van der Waals surface area (Å²) in [6.07, 6.45) is 6.98. The molecule has 2 aromatic carbocycles. The maximum Gasteiger partial charge on any atom is 0.171 e. The van der Waals surface area contributed by atoms with E-state index >= 15 is 0 Å². The van der Waals surface area contributed by atoms with Gasteiger partial charge < -0.3 is 0 Å². The third-order valence-electron chi connectivity index (χ3n) is 7.87. The van der Waals surface area contributed by atoms with Gasteiger partial charge in [-0.05, 0) is 111 Å². The molecule has 0 atom stereocenters. The van der Waals surface area contributed by atoms with Gasteiger partial charge in [0.1, 0.15) is 27.2 Å². The van der Waals surface area contributed by atoms with Crippen LogP contribution >= 0.6 is 37.2 Å². The Morgan fingerprint density at radius 2 is 0.781 bits per heavy atom. The molecule has 2 heterocycles. The molecule has 0 fully saturated rings. The minimum Gasteiger partial charge on any atom is -0.238 e. The van der Waals surface area contributed by atoms with Crippen molar-refractivity contribution in [2.75, 3.05) is 27.2 Å². The van der Waals surface area contributed by atoms with Gasteiger partial charge in [0.15, 0.2) is 12.4 Å². The SMILES string of the molecule is Cc1c(C)c(C)c2c(c1C)C=[N+](C)CC2.Cc1c(C)c(C)c2c(c1C)C=[N+](C)CC2.II. The van der Waals surface area contributed by atoms with Crippen LogP contribution in [0.2, 0.25) is 0 Å². The summed E-state index contributed by atoms with van der Waals surface area (Å²) in [6, 6.07) is 0. The average molecular weight is 658 g/mol. The molecule has 0 radical (unpaired) electrons. The number of nitrogens with zero attached hydrogens (tertiary/aromatic N) is 2. The van der Waals surface area contributed by atoms with Crippen LogP contribution in [-0.2, 0) is 12.8 Å². The Hall–Kier alpha value is -0.760. The smallest absolute Gasteiger partial charge is 0.171 e. The summed E-state index contributed by atoms with van der Waals surface area (Å²) in [5.74, 6) is 0. The Morgan fingerprint density at radius 3 is 1.09 bits per heavy atom. The van der Waals surface area contributed by atoms with Gasteiger partial charge in [0.25, 0.3) is 0 Å². The van der Waals surface area contributed by atoms with Crippen LogP contribution in [0.25, 0.3) is 0 Å². The molecule has 0 aliphatic carbocycles. The molecule has 0 amide bonds. The zero-order valence-electron chi connectivity index (χ0n) is 21.6. The van der Waals surface area contributed by atoms with E-state index in [9.17, 15) is 0 Å². The predicted molar refractivity (Wildman–Crippen MR) is 159 cm³/mol. The number of hydrogen-bond donors (Lipinski definition) is 0. The number of hydrogen-bond acceptors (Lipinski definition) is 0. The summed E-state index contributed by atoms with van der Waals surface area (Å²) in [5.41, 5.74) is 17.8. The first-order valence-corrected chi connectivity index (χ1v) is 17.8. The Kier molecular flexibility index (Phi) is 9.95. The van der Waals surface area contributed by atoms with E-state index in [1.807, 2.05) is 0 Å². The van der Waals surface area contributed by atoms with Crippen LogP contribution in [0.5, 0.6) is 0 Å². The number of fused-ring (bicyclic) bond motifs is 2. The van der Waals surface area contributed by atoms with E-state index < -0.39 is 0 Å². The zero-order valence-corrected chi connectivity index (χ0v) is 25.9. The minimum atomic E-state index is 1.15. The molecular weight excluding hydrogens is 618 g/mol. The standard InChI is InChI=1S/2C14H20N.I2/c2*1-9-10(2)12(4)14-8-15(5)7-6-13(14)11(9)3;1-2/h2*8H,6-7H2,1-5H3;/q2*+1;. The van der Waals surface area contributed by atoms with Crippen molar-refractivity contribution in [3.05, 3.63) is 66.8 Å². The highest BCUT2D eigenvalue weighted by molar-refractivity contribution is 15.0. The first-order chi connectivity index (χ1) is 15.0. The Balaban J connectivity index is 0.000000211. The van der Waals surface area contributed by atoms with Crippen molar-refractivity contribution < 1.29 is 9.15 Å². The minimum absolute atomic E-state index is 1.15. The second-order valence-electron chi connectivity index (χ2n) is 9.50. The lowest BCUT2D eigenvalue weighted by molar-refractivity contribution is -0.493. The summed E-state index contributed by atoms with van der Waals surface area (Å²) in [6.45, 7) is 20.3. The topological polar surface area (TPSA) is 6.02 Å². The van der Waals surface area contributed by atoms with E-state index in [1.54, 1.807) is 11.1 Å². The molecule has 174 valence electrons. The van der Waals surface area contributed by atoms with E-state index in [0.717, 1.165) is 13.1 Å². The van der Waals surface area contributed by atoms with Gasteiger partial charge in [-0.15, -0.1) is 0 Å². The molecule has 2 nitrogen and oxygen atoms in total. The fourth-order valence-corrected chi connectivity index (χ4v) is 4.98. The van der Waals surface area contributed by atoms with Crippen LogP contribution in [0.4, 0.5) is 0 Å². The molecule has 0 N–H and O–H groups in total. The van der Waals surface area contributed by atoms with E-state index in [0.29, 0.717) is 0 Å². The summed E-state index contributed by atoms with van der Waals surface area (Å²) in [5, 5.41) is 0. The van der Waals surface area contributed by atoms with E-state index in [4.69, 9.17) is 0 Å². The van der Waals surface area contributed by atoms with Gasteiger partial charge in [-0.3, -0.25) is 0 Å². The highest BCUT2D eigenvalue weighted by Gasteiger charge is 2.21. The summed E-state index contributed by atoms with van der Waals surface area (Å²) in [4.78, 5) is 0. The highest BCUT2D eigenvalue weighted by atomic mass is 128. The van der Waals surface area contributed by atoms with Crippen LogP contribution in [-0.4, -0.2) is 48.8 Å². The molecule has 4 heteroatoms. The van der Waals surface area contributed by atoms with E-state index in [1.165, 1.54) is 68.5 Å². The number of rotatable bonds is 0. The molecule has 2 aliphatic rings. The van der Waals surface area contributed by atoms with Crippen LogP contribution in [0, 0.1) is 55.4 Å². The molecule has 0 aromatic heterocycles. The number of halogens is 2. The summed E-state index contributed by atoms with van der Waals surface area (Å²) in [7, 11) is 4.32. The summed E-state index contributed by atoms with van der Waals surface area (Å²) >= 11 is 4.24. The molecule has 0 saturated carbocycles. The third kappa shape index (κ3) is 5.48. The zero-order chi connectivity index (χ0) is 24.3. The highest BCUT2D eigenvalue weighted by Crippen LogP contribution is 2.28. The Bertz CT molecular complexity index is 1000. The lowest BCUT2D eigenvalue weighted by Gasteiger charge is -2.20. The average Bonchev–Trinajstić information content (AvgIpc) is 2.80. The van der Waals surface area contributed by atoms with Gasteiger partial charge in [-0.1, -0.05) is 0 Å². The molecule has 0 bridgehead atoms. The number of benzene rings is 2. The van der Waals surface area contributed by atoms with Crippen molar-refractivity contribution in [2.45, 2.75) is 68.2 Å². The monoisotopic (exact) mass is 658 g/mol. The van der Waals surface area contributed by atoms with Gasteiger partial charge in [-0.2, -0.15) is 0 Å². The van der Waals surface area contributed by atoms with Gasteiger partial charge in [-0.25, -0.2) is 9.15 Å². The van der Waals surface area contributed by atoms with Crippen LogP contribution in [0.3, 0.4) is 0 Å². The second-order valence-corrected chi connectivity index (χ2v) is 9.50. The van der Waals surface area contributed by atoms with Gasteiger partial charge >= 0.3 is 0 Å². The van der Waals surface area contributed by atoms with Gasteiger partial charge in [0, 0.05) is 61.2 Å². The number of likely N-dealkylation sites (N-methyl/N-ethyl adjacent to an activating group) is 2. The normalized spacial score (nSPS) is 14.1. The second kappa shape index (κ2) is 11.6. The molecule has 32 heavy (non-hydrogen) atoms. The Morgan fingerprint density at radius 1 is 0.500 bits per heavy atom. The molecule has 0 spiro atoms. The van der Waals surface area contributed by atoms with Crippen molar-refractivity contribution in [1.29, 1.82) is 0 Å². The van der Waals surface area contributed by atoms with Gasteiger partial charge in [0.2, 0.25) is 0 Å². The molecule has 0 saturated heterocycles. The van der Waals surface area contributed by atoms with E-state index in [2.05, 4.69) is 128 Å². The van der Waals surface area contributed by atoms with Crippen LogP contribution in [0.15, 0.2) is 0 Å². The fourth-order valence-electron chi connectivity index (χ4n) is 4.98. The maximum atomic E-state index is 2.30. The first-order valence-electron chi connectivity index (χ1n) is 11.5. The predicted octanol–water partition coefficient (Wildman–Crippen LogP) is 6.85. The lowest BCUT2D eigenvalue weighted by atomic mass is 9.87. The van der Waals surface area contributed by atoms with Crippen molar-refractivity contribution in [1.82, 2.24) is 0 Å². The fraction of sp³-hybridized carbons (Fsp3) is 0.500. The molecular formula is C28H40I2N2+2. The van der Waals surface area contributed by atoms with Crippen LogP contribution < -0.4 is 0 Å². The van der Waals surface area contributed by atoms with E-state index in [-0.39, 0.29) is 0 Å². The van der Waals surface area contributed by atoms with Crippen molar-refractivity contribution in [2.24, 2.45) is 0 Å². The van der Waals surface area contributed by atoms with Crippen molar-refractivity contribution in [3.63, 3.8) is 0 Å². The molecule has 4 rings (SSSR count). The van der Waals surface area contributed by atoms with Crippen molar-refractivity contribution in [3.8, 4) is 0 Å². The molecule has 2 aromatic rings. The third-order valence-corrected chi connectivity index (χ3v) is 7.87. The largest absolute Gasteiger partial charge is 0.238 e.